The Morgan fingerprint density at radius 1 is 1.60 bits per heavy atom. The van der Waals surface area contributed by atoms with Crippen LogP contribution >= 0.6 is 0 Å². The van der Waals surface area contributed by atoms with E-state index >= 15 is 0 Å². The molecule has 0 N–H and O–H groups in total. The highest BCUT2D eigenvalue weighted by atomic mass is 16.5. The molecule has 3 nitrogen and oxygen atoms in total. The van der Waals surface area contributed by atoms with Crippen molar-refractivity contribution in [2.45, 2.75) is 13.8 Å². The molecule has 0 saturated carbocycles. The second kappa shape index (κ2) is 2.25. The van der Waals surface area contributed by atoms with Crippen LogP contribution in [-0.4, -0.2) is 18.4 Å². The lowest BCUT2D eigenvalue weighted by molar-refractivity contribution is -0.135. The smallest absolute Gasteiger partial charge is 0.334 e. The third-order valence-electron chi connectivity index (χ3n) is 1.53. The molecule has 0 spiro atoms. The minimum absolute atomic E-state index is 0.0802. The number of cyclic esters (lactones) is 1. The van der Waals surface area contributed by atoms with E-state index in [2.05, 4.69) is 4.74 Å². The molecular weight excluding hydrogens is 132 g/mol. The van der Waals surface area contributed by atoms with Crippen LogP contribution in [0.4, 0.5) is 0 Å². The molecule has 0 aliphatic carbocycles. The van der Waals surface area contributed by atoms with Crippen molar-refractivity contribution in [2.24, 2.45) is 0 Å². The Labute approximate surface area is 58.7 Å². The van der Waals surface area contributed by atoms with Gasteiger partial charge in [0.2, 0.25) is 0 Å². The number of esters is 1. The maximum atomic E-state index is 10.7. The Bertz CT molecular complexity index is 225. The van der Waals surface area contributed by atoms with Gasteiger partial charge >= 0.3 is 5.97 Å². The van der Waals surface area contributed by atoms with E-state index in [0.717, 1.165) is 0 Å². The Hall–Kier alpha value is -1.12. The summed E-state index contributed by atoms with van der Waals surface area (Å²) in [4.78, 5) is 21.4. The number of rotatable bonds is 1. The summed E-state index contributed by atoms with van der Waals surface area (Å²) in [6.07, 6.45) is 0. The normalized spacial score (nSPS) is 17.6. The van der Waals surface area contributed by atoms with Crippen molar-refractivity contribution in [1.82, 2.24) is 0 Å². The first-order chi connectivity index (χ1) is 4.63. The molecule has 0 saturated heterocycles. The fourth-order valence-electron chi connectivity index (χ4n) is 0.843. The van der Waals surface area contributed by atoms with Crippen molar-refractivity contribution in [3.05, 3.63) is 11.1 Å². The second-order valence-electron chi connectivity index (χ2n) is 2.24. The van der Waals surface area contributed by atoms with Crippen LogP contribution in [0.1, 0.15) is 13.8 Å². The highest BCUT2D eigenvalue weighted by Crippen LogP contribution is 2.15. The van der Waals surface area contributed by atoms with Crippen LogP contribution in [0.15, 0.2) is 11.1 Å². The molecule has 0 aromatic heterocycles. The molecule has 0 unspecified atom stereocenters. The summed E-state index contributed by atoms with van der Waals surface area (Å²) in [6.45, 7) is 3.19. The van der Waals surface area contributed by atoms with Crippen LogP contribution in [0.2, 0.25) is 0 Å². The molecule has 3 heteroatoms. The van der Waals surface area contributed by atoms with Gasteiger partial charge in [-0.15, -0.1) is 0 Å². The van der Waals surface area contributed by atoms with Gasteiger partial charge in [-0.1, -0.05) is 0 Å². The zero-order valence-corrected chi connectivity index (χ0v) is 5.93. The largest absolute Gasteiger partial charge is 0.457 e. The van der Waals surface area contributed by atoms with E-state index in [-0.39, 0.29) is 18.4 Å². The third-order valence-corrected chi connectivity index (χ3v) is 1.53. The van der Waals surface area contributed by atoms with Crippen LogP contribution in [-0.2, 0) is 14.3 Å². The lowest BCUT2D eigenvalue weighted by Crippen LogP contribution is -1.98. The molecule has 10 heavy (non-hydrogen) atoms. The molecule has 0 aromatic rings. The minimum atomic E-state index is -0.370. The summed E-state index contributed by atoms with van der Waals surface area (Å²) in [6, 6.07) is 0. The van der Waals surface area contributed by atoms with E-state index in [1.54, 1.807) is 6.92 Å². The first-order valence-corrected chi connectivity index (χ1v) is 3.00. The van der Waals surface area contributed by atoms with Crippen molar-refractivity contribution in [1.29, 1.82) is 0 Å². The van der Waals surface area contributed by atoms with Gasteiger partial charge in [-0.25, -0.2) is 4.79 Å². The minimum Gasteiger partial charge on any atom is -0.457 e. The van der Waals surface area contributed by atoms with Gasteiger partial charge in [0.15, 0.2) is 5.78 Å². The number of ether oxygens (including phenoxy) is 1. The van der Waals surface area contributed by atoms with Crippen LogP contribution in [0, 0.1) is 0 Å². The molecule has 54 valence electrons. The van der Waals surface area contributed by atoms with Gasteiger partial charge < -0.3 is 4.74 Å². The van der Waals surface area contributed by atoms with Crippen LogP contribution in [0.3, 0.4) is 0 Å². The first kappa shape index (κ1) is 6.99. The summed E-state index contributed by atoms with van der Waals surface area (Å²) in [7, 11) is 0. The zero-order chi connectivity index (χ0) is 7.72. The molecule has 1 aliphatic rings. The Morgan fingerprint density at radius 2 is 2.20 bits per heavy atom. The van der Waals surface area contributed by atoms with Gasteiger partial charge in [0, 0.05) is 11.1 Å². The lowest BCUT2D eigenvalue weighted by Gasteiger charge is -1.90. The maximum Gasteiger partial charge on any atom is 0.334 e. The highest BCUT2D eigenvalue weighted by Gasteiger charge is 2.22. The average molecular weight is 140 g/mol. The van der Waals surface area contributed by atoms with Crippen molar-refractivity contribution in [2.75, 3.05) is 6.61 Å². The van der Waals surface area contributed by atoms with Crippen molar-refractivity contribution < 1.29 is 14.3 Å². The van der Waals surface area contributed by atoms with Gasteiger partial charge in [0.25, 0.3) is 0 Å². The monoisotopic (exact) mass is 140 g/mol. The van der Waals surface area contributed by atoms with Gasteiger partial charge in [0.1, 0.15) is 6.61 Å². The van der Waals surface area contributed by atoms with E-state index in [9.17, 15) is 9.59 Å². The summed E-state index contributed by atoms with van der Waals surface area (Å²) in [5, 5.41) is 0. The van der Waals surface area contributed by atoms with E-state index in [1.807, 2.05) is 0 Å². The van der Waals surface area contributed by atoms with E-state index < -0.39 is 0 Å². The first-order valence-electron chi connectivity index (χ1n) is 3.00. The molecule has 0 amide bonds. The molecular formula is C7H8O3. The number of carbonyl (C=O) groups excluding carboxylic acids is 2. The molecule has 0 atom stereocenters. The summed E-state index contributed by atoms with van der Waals surface area (Å²) >= 11 is 0. The van der Waals surface area contributed by atoms with Gasteiger partial charge in [0.05, 0.1) is 0 Å². The lowest BCUT2D eigenvalue weighted by atomic mass is 10.1. The van der Waals surface area contributed by atoms with E-state index in [4.69, 9.17) is 0 Å². The Balaban J connectivity index is 2.96. The third kappa shape index (κ3) is 0.943. The Kier molecular flexibility index (Phi) is 1.57. The highest BCUT2D eigenvalue weighted by molar-refractivity contribution is 6.05. The second-order valence-corrected chi connectivity index (χ2v) is 2.24. The summed E-state index contributed by atoms with van der Waals surface area (Å²) in [5.74, 6) is -0.450. The number of carbonyl (C=O) groups is 2. The molecule has 0 bridgehead atoms. The maximum absolute atomic E-state index is 10.7. The fourth-order valence-corrected chi connectivity index (χ4v) is 0.843. The summed E-state index contributed by atoms with van der Waals surface area (Å²) < 4.78 is 4.61. The fraction of sp³-hybridized carbons (Fsp3) is 0.429. The average Bonchev–Trinajstić information content (AvgIpc) is 2.14. The SMILES string of the molecule is CC(=O)C1=C(C)C(=O)OC1. The number of hydrogen-bond acceptors (Lipinski definition) is 3. The van der Waals surface area contributed by atoms with Crippen LogP contribution in [0.5, 0.6) is 0 Å². The standard InChI is InChI=1S/C7H8O3/c1-4-6(5(2)8)3-10-7(4)9/h3H2,1-2H3. The van der Waals surface area contributed by atoms with Crippen LogP contribution < -0.4 is 0 Å². The molecule has 0 radical (unpaired) electrons. The number of Topliss-reactive ketones (excluding diaryl/α,β-unsaturated/α-hetero) is 1. The van der Waals surface area contributed by atoms with Gasteiger partial charge in [-0.3, -0.25) is 4.79 Å². The van der Waals surface area contributed by atoms with E-state index in [1.165, 1.54) is 6.92 Å². The van der Waals surface area contributed by atoms with Crippen molar-refractivity contribution in [3.8, 4) is 0 Å². The molecule has 1 heterocycles. The predicted molar refractivity (Wildman–Crippen MR) is 34.3 cm³/mol. The predicted octanol–water partition coefficient (Wildman–Crippen LogP) is 0.449. The molecule has 1 aliphatic heterocycles. The quantitative estimate of drug-likeness (QED) is 0.496. The summed E-state index contributed by atoms with van der Waals surface area (Å²) in [5.41, 5.74) is 0.956. The van der Waals surface area contributed by atoms with Gasteiger partial charge in [-0.05, 0) is 13.8 Å². The number of ketones is 1. The van der Waals surface area contributed by atoms with E-state index in [0.29, 0.717) is 11.1 Å². The Morgan fingerprint density at radius 3 is 2.40 bits per heavy atom. The molecule has 1 rings (SSSR count). The zero-order valence-electron chi connectivity index (χ0n) is 5.93. The van der Waals surface area contributed by atoms with Crippen LogP contribution in [0.25, 0.3) is 0 Å². The van der Waals surface area contributed by atoms with Gasteiger partial charge in [-0.2, -0.15) is 0 Å². The topological polar surface area (TPSA) is 43.4 Å². The number of hydrogen-bond donors (Lipinski definition) is 0. The van der Waals surface area contributed by atoms with Crippen molar-refractivity contribution in [3.63, 3.8) is 0 Å². The molecule has 0 fully saturated rings. The molecule has 0 aromatic carbocycles. The van der Waals surface area contributed by atoms with Crippen molar-refractivity contribution >= 4 is 11.8 Å².